The summed E-state index contributed by atoms with van der Waals surface area (Å²) >= 11 is 11.4. The molecule has 0 fully saturated rings. The molecule has 18 heteroatoms. The minimum atomic E-state index is 0.142. The van der Waals surface area contributed by atoms with E-state index in [1.165, 1.54) is 182 Å². The Hall–Kier alpha value is -14.2. The molecule has 9 nitrogen and oxygen atoms in total. The molecule has 0 saturated carbocycles. The number of aromatic nitrogens is 3. The summed E-state index contributed by atoms with van der Waals surface area (Å²) in [6.07, 6.45) is 5.46. The standard InChI is InChI=1S/C39H24BN3S2.C38H23BN4S2.C36H23BN2S2/c1-2-14-26(15-3-1)42-29-18-6-4-16-27(29)40-28-17-5-8-21-33(28)44-35-24-32-39(38(42)36(35)40)45-34-22-9-7-19-30(34)43(32)31-20-10-12-25-13-11-23-41-37(25)31;1-2-11-24(12-3-1)42-28-16-6-4-13-25(28)39-26-14-5-8-19-32(26)44-34-23-31-38(37(42)35(34)39)45-33-20-9-7-17-29(33)43(31)30-18-10-15-27-36(30)41-22-21-40-27;1-3-13-24(14-4-1)38-29-20-10-12-22-32(29)41-36-30(38)23-33-34-35(36)39(25-15-5-2-6-16-25)28-19-9-7-17-26(28)37(34)27-18-8-11-21-31(27)40-33/h1-24H;1-23H;1-23H. The second-order valence-corrected chi connectivity index (χ2v) is 39.9. The number of fused-ring (bicyclic) bond motifs is 23. The molecule has 20 aromatic rings. The monoisotopic (exact) mass is 1780 g/mol. The second-order valence-electron chi connectivity index (χ2n) is 33.5. The van der Waals surface area contributed by atoms with Crippen molar-refractivity contribution in [2.75, 3.05) is 29.4 Å². The van der Waals surface area contributed by atoms with Gasteiger partial charge in [-0.05, 0) is 197 Å². The highest BCUT2D eigenvalue weighted by Crippen LogP contribution is 2.63. The normalized spacial score (nSPS) is 13.9. The number of para-hydroxylation sites is 12. The van der Waals surface area contributed by atoms with Crippen molar-refractivity contribution in [1.82, 2.24) is 15.0 Å². The summed E-state index contributed by atoms with van der Waals surface area (Å²) in [7, 11) is 0. The molecule has 0 N–H and O–H groups in total. The van der Waals surface area contributed by atoms with E-state index in [4.69, 9.17) is 9.97 Å². The zero-order valence-electron chi connectivity index (χ0n) is 70.1. The van der Waals surface area contributed by atoms with E-state index in [0.717, 1.165) is 50.4 Å². The Balaban J connectivity index is 0.000000101. The molecule has 2 aromatic heterocycles. The first-order chi connectivity index (χ1) is 65.1. The topological polar surface area (TPSA) is 58.1 Å². The van der Waals surface area contributed by atoms with Crippen LogP contribution in [0, 0.1) is 0 Å². The predicted molar refractivity (Wildman–Crippen MR) is 554 cm³/mol. The molecule has 0 atom stereocenters. The van der Waals surface area contributed by atoms with Crippen LogP contribution in [0.4, 0.5) is 102 Å². The summed E-state index contributed by atoms with van der Waals surface area (Å²) in [6.45, 7) is 0.477. The number of hydrogen-bond donors (Lipinski definition) is 0. The average molecular weight is 1780 g/mol. The van der Waals surface area contributed by atoms with Crippen molar-refractivity contribution in [3.05, 3.63) is 425 Å². The van der Waals surface area contributed by atoms with Gasteiger partial charge in [0.05, 0.1) is 88.3 Å². The number of rotatable bonds is 6. The van der Waals surface area contributed by atoms with Crippen LogP contribution in [0.2, 0.25) is 0 Å². The fourth-order valence-corrected chi connectivity index (χ4v) is 28.2. The van der Waals surface area contributed by atoms with Crippen molar-refractivity contribution in [1.29, 1.82) is 0 Å². The molecule has 18 aromatic carbocycles. The van der Waals surface area contributed by atoms with Gasteiger partial charge in [-0.2, -0.15) is 0 Å². The second kappa shape index (κ2) is 31.3. The SMILES string of the molecule is c1ccc(N2c3ccccc3B3c4ccccc4Sc4cc5c(c2c43)Sc2ccccc2N5c2cccc3cccnc23)cc1.c1ccc(N2c3ccccc3B3c4ccccc4Sc4cc5c(c2c43)Sc2ccccc2N5c2cccc3nccnc23)cc1.c1ccc(N2c3ccccc3Sc3c2cc2c4c3N(c3ccccc3)c3ccccc3B4c3ccccc3S2)cc1. The lowest BCUT2D eigenvalue weighted by molar-refractivity contribution is 1.13. The summed E-state index contributed by atoms with van der Waals surface area (Å²) in [5.41, 5.74) is 36.7. The Labute approximate surface area is 785 Å². The van der Waals surface area contributed by atoms with Gasteiger partial charge in [-0.3, -0.25) is 15.0 Å². The molecule has 0 aliphatic carbocycles. The summed E-state index contributed by atoms with van der Waals surface area (Å²) < 4.78 is 0. The van der Waals surface area contributed by atoms with Gasteiger partial charge in [0.1, 0.15) is 5.52 Å². The molecule has 0 spiro atoms. The van der Waals surface area contributed by atoms with Crippen LogP contribution in [-0.2, 0) is 0 Å². The van der Waals surface area contributed by atoms with E-state index in [1.807, 2.05) is 88.9 Å². The van der Waals surface area contributed by atoms with E-state index in [1.54, 1.807) is 12.4 Å². The lowest BCUT2D eigenvalue weighted by atomic mass is 9.35. The first-order valence-electron chi connectivity index (χ1n) is 44.1. The van der Waals surface area contributed by atoms with Gasteiger partial charge in [0.25, 0.3) is 0 Å². The van der Waals surface area contributed by atoms with Gasteiger partial charge in [-0.1, -0.05) is 330 Å². The van der Waals surface area contributed by atoms with E-state index >= 15 is 0 Å². The minimum Gasteiger partial charge on any atom is -0.310 e. The molecule has 29 rings (SSSR count). The van der Waals surface area contributed by atoms with Crippen LogP contribution >= 0.6 is 70.6 Å². The molecule has 0 saturated heterocycles. The minimum absolute atomic E-state index is 0.142. The molecule has 0 amide bonds. The zero-order valence-corrected chi connectivity index (χ0v) is 75.0. The van der Waals surface area contributed by atoms with Crippen molar-refractivity contribution in [2.45, 2.75) is 58.7 Å². The quantitative estimate of drug-likeness (QED) is 0.148. The molecule has 131 heavy (non-hydrogen) atoms. The predicted octanol–water partition coefficient (Wildman–Crippen LogP) is 25.6. The van der Waals surface area contributed by atoms with E-state index in [9.17, 15) is 0 Å². The first kappa shape index (κ1) is 76.8. The average Bonchev–Trinajstić information content (AvgIpc) is 0.700. The molecular formula is C113H70B3N9S6. The van der Waals surface area contributed by atoms with Crippen LogP contribution in [0.25, 0.3) is 21.9 Å². The molecular weight excluding hydrogens is 1710 g/mol. The molecule has 0 radical (unpaired) electrons. The number of nitrogens with zero attached hydrogens (tertiary/aromatic N) is 9. The van der Waals surface area contributed by atoms with Crippen molar-refractivity contribution >= 4 is 264 Å². The molecule has 9 aliphatic rings. The van der Waals surface area contributed by atoms with E-state index in [0.29, 0.717) is 0 Å². The third kappa shape index (κ3) is 12.2. The van der Waals surface area contributed by atoms with Gasteiger partial charge in [-0.25, -0.2) is 0 Å². The Bertz CT molecular complexity index is 7780. The highest BCUT2D eigenvalue weighted by atomic mass is 32.2. The Morgan fingerprint density at radius 3 is 0.878 bits per heavy atom. The summed E-state index contributed by atoms with van der Waals surface area (Å²) in [6, 6.07) is 148. The highest BCUT2D eigenvalue weighted by molar-refractivity contribution is 8.01. The Morgan fingerprint density at radius 1 is 0.183 bits per heavy atom. The van der Waals surface area contributed by atoms with Crippen molar-refractivity contribution < 1.29 is 0 Å². The smallest absolute Gasteiger partial charge is 0.249 e. The van der Waals surface area contributed by atoms with E-state index in [2.05, 4.69) is 429 Å². The van der Waals surface area contributed by atoms with E-state index < -0.39 is 0 Å². The summed E-state index contributed by atoms with van der Waals surface area (Å²) in [5.74, 6) is 0. The van der Waals surface area contributed by atoms with Gasteiger partial charge < -0.3 is 29.4 Å². The van der Waals surface area contributed by atoms with Crippen LogP contribution in [0.15, 0.2) is 484 Å². The Kier molecular flexibility index (Phi) is 18.4. The first-order valence-corrected chi connectivity index (χ1v) is 49.0. The fraction of sp³-hybridized carbons (Fsp3) is 0. The van der Waals surface area contributed by atoms with Crippen LogP contribution in [-0.4, -0.2) is 35.1 Å². The summed E-state index contributed by atoms with van der Waals surface area (Å²) in [5, 5.41) is 1.13. The maximum absolute atomic E-state index is 4.91. The summed E-state index contributed by atoms with van der Waals surface area (Å²) in [4.78, 5) is 44.7. The van der Waals surface area contributed by atoms with Gasteiger partial charge in [-0.15, -0.1) is 0 Å². The van der Waals surface area contributed by atoms with Gasteiger partial charge >= 0.3 is 0 Å². The van der Waals surface area contributed by atoms with Crippen molar-refractivity contribution in [3.63, 3.8) is 0 Å². The third-order valence-corrected chi connectivity index (χ3v) is 33.3. The Morgan fingerprint density at radius 2 is 0.473 bits per heavy atom. The number of benzene rings is 18. The third-order valence-electron chi connectivity index (χ3n) is 26.4. The van der Waals surface area contributed by atoms with Crippen molar-refractivity contribution in [2.24, 2.45) is 0 Å². The fourth-order valence-electron chi connectivity index (χ4n) is 21.1. The number of anilines is 18. The highest BCUT2D eigenvalue weighted by Gasteiger charge is 2.49. The number of pyridine rings is 1. The molecule has 0 bridgehead atoms. The molecule has 11 heterocycles. The van der Waals surface area contributed by atoms with Gasteiger partial charge in [0, 0.05) is 108 Å². The van der Waals surface area contributed by atoms with E-state index in [-0.39, 0.29) is 20.1 Å². The van der Waals surface area contributed by atoms with Crippen molar-refractivity contribution in [3.8, 4) is 0 Å². The molecule has 0 unspecified atom stereocenters. The van der Waals surface area contributed by atoms with Gasteiger partial charge in [0.15, 0.2) is 0 Å². The maximum atomic E-state index is 4.91. The molecule has 612 valence electrons. The lowest BCUT2D eigenvalue weighted by Gasteiger charge is -2.44. The lowest BCUT2D eigenvalue weighted by Crippen LogP contribution is -2.60. The van der Waals surface area contributed by atoms with Crippen LogP contribution < -0.4 is 78.6 Å². The van der Waals surface area contributed by atoms with Crippen LogP contribution in [0.1, 0.15) is 0 Å². The zero-order chi connectivity index (χ0) is 85.9. The maximum Gasteiger partial charge on any atom is 0.249 e. The molecule has 9 aliphatic heterocycles. The van der Waals surface area contributed by atoms with Gasteiger partial charge in [0.2, 0.25) is 20.1 Å². The van der Waals surface area contributed by atoms with Crippen LogP contribution in [0.3, 0.4) is 0 Å². The van der Waals surface area contributed by atoms with Crippen LogP contribution in [0.5, 0.6) is 0 Å². The number of hydrogen-bond acceptors (Lipinski definition) is 15. The largest absolute Gasteiger partial charge is 0.310 e.